The summed E-state index contributed by atoms with van der Waals surface area (Å²) < 4.78 is 63.0. The Bertz CT molecular complexity index is 845. The number of nitrogens with two attached hydrogens (primary N) is 2. The van der Waals surface area contributed by atoms with E-state index >= 15 is 0 Å². The lowest BCUT2D eigenvalue weighted by Gasteiger charge is -2.24. The van der Waals surface area contributed by atoms with E-state index < -0.39 is 30.7 Å². The number of nitrogen functional groups attached to an aromatic ring is 2. The molecule has 2 aromatic carbocycles. The van der Waals surface area contributed by atoms with Crippen molar-refractivity contribution in [2.24, 2.45) is 0 Å². The molecule has 0 aliphatic carbocycles. The summed E-state index contributed by atoms with van der Waals surface area (Å²) in [6, 6.07) is 11.5. The maximum atomic E-state index is 11.7. The predicted octanol–water partition coefficient (Wildman–Crippen LogP) is 1.08. The second kappa shape index (κ2) is 6.40. The standard InChI is InChI=1S/C14H16N2O6S2/c15-11-5-1-9(2-6-11)13(10-3-7-12(16)8-4-10)14(23(17,18)19)24(20,21)22/h1-8,13-14H,15-16H2,(H,17,18,19)(H,20,21,22). The van der Waals surface area contributed by atoms with Gasteiger partial charge < -0.3 is 11.5 Å². The maximum Gasteiger partial charge on any atom is 0.285 e. The highest BCUT2D eigenvalue weighted by molar-refractivity contribution is 8.04. The van der Waals surface area contributed by atoms with Crippen molar-refractivity contribution in [1.29, 1.82) is 0 Å². The average molecular weight is 372 g/mol. The molecule has 2 rings (SSSR count). The molecule has 0 unspecified atom stereocenters. The Labute approximate surface area is 139 Å². The lowest BCUT2D eigenvalue weighted by atomic mass is 9.92. The van der Waals surface area contributed by atoms with Gasteiger partial charge in [-0.25, -0.2) is 0 Å². The summed E-state index contributed by atoms with van der Waals surface area (Å²) >= 11 is 0. The number of anilines is 2. The molecule has 0 fully saturated rings. The van der Waals surface area contributed by atoms with Crippen molar-refractivity contribution in [1.82, 2.24) is 0 Å². The topological polar surface area (TPSA) is 161 Å². The van der Waals surface area contributed by atoms with Crippen LogP contribution < -0.4 is 11.5 Å². The minimum absolute atomic E-state index is 0.231. The molecular weight excluding hydrogens is 356 g/mol. The van der Waals surface area contributed by atoms with Gasteiger partial charge in [0, 0.05) is 17.3 Å². The molecule has 130 valence electrons. The molecule has 0 spiro atoms. The average Bonchev–Trinajstić information content (AvgIpc) is 2.44. The van der Waals surface area contributed by atoms with Gasteiger partial charge in [-0.05, 0) is 35.4 Å². The largest absolute Gasteiger partial charge is 0.399 e. The second-order valence-corrected chi connectivity index (χ2v) is 8.58. The lowest BCUT2D eigenvalue weighted by molar-refractivity contribution is 0.448. The van der Waals surface area contributed by atoms with Crippen LogP contribution in [-0.4, -0.2) is 30.5 Å². The van der Waals surface area contributed by atoms with E-state index in [4.69, 9.17) is 11.5 Å². The van der Waals surface area contributed by atoms with E-state index in [1.165, 1.54) is 48.5 Å². The highest BCUT2D eigenvalue weighted by Crippen LogP contribution is 2.35. The Morgan fingerprint density at radius 3 is 1.21 bits per heavy atom. The molecule has 10 heteroatoms. The van der Waals surface area contributed by atoms with E-state index in [2.05, 4.69) is 0 Å². The number of benzene rings is 2. The highest BCUT2D eigenvalue weighted by Gasteiger charge is 2.44. The highest BCUT2D eigenvalue weighted by atomic mass is 32.3. The third-order valence-electron chi connectivity index (χ3n) is 3.45. The molecule has 0 saturated heterocycles. The zero-order valence-electron chi connectivity index (χ0n) is 12.3. The van der Waals surface area contributed by atoms with Crippen LogP contribution in [0.2, 0.25) is 0 Å². The zero-order chi connectivity index (χ0) is 18.1. The lowest BCUT2D eigenvalue weighted by Crippen LogP contribution is -2.36. The van der Waals surface area contributed by atoms with E-state index in [1.807, 2.05) is 0 Å². The van der Waals surface area contributed by atoms with Gasteiger partial charge in [0.1, 0.15) is 0 Å². The van der Waals surface area contributed by atoms with Crippen LogP contribution in [0.15, 0.2) is 48.5 Å². The fourth-order valence-electron chi connectivity index (χ4n) is 2.41. The monoisotopic (exact) mass is 372 g/mol. The predicted molar refractivity (Wildman–Crippen MR) is 90.4 cm³/mol. The van der Waals surface area contributed by atoms with Gasteiger partial charge in [-0.3, -0.25) is 9.11 Å². The third kappa shape index (κ3) is 4.03. The second-order valence-electron chi connectivity index (χ2n) is 5.21. The molecular formula is C14H16N2O6S2. The molecule has 0 aromatic heterocycles. The first kappa shape index (κ1) is 18.2. The van der Waals surface area contributed by atoms with Gasteiger partial charge >= 0.3 is 0 Å². The molecule has 0 bridgehead atoms. The minimum atomic E-state index is -5.14. The van der Waals surface area contributed by atoms with Gasteiger partial charge in [0.15, 0.2) is 0 Å². The van der Waals surface area contributed by atoms with Crippen molar-refractivity contribution in [3.8, 4) is 0 Å². The van der Waals surface area contributed by atoms with E-state index in [0.29, 0.717) is 11.4 Å². The fourth-order valence-corrected chi connectivity index (χ4v) is 4.96. The van der Waals surface area contributed by atoms with E-state index in [9.17, 15) is 25.9 Å². The normalized spacial score (nSPS) is 12.7. The molecule has 8 nitrogen and oxygen atoms in total. The molecule has 0 aliphatic rings. The van der Waals surface area contributed by atoms with Gasteiger partial charge in [-0.1, -0.05) is 24.3 Å². The van der Waals surface area contributed by atoms with Crippen LogP contribution in [-0.2, 0) is 20.2 Å². The molecule has 6 N–H and O–H groups in total. The smallest absolute Gasteiger partial charge is 0.285 e. The van der Waals surface area contributed by atoms with Crippen molar-refractivity contribution < 1.29 is 25.9 Å². The third-order valence-corrected chi connectivity index (χ3v) is 6.63. The minimum Gasteiger partial charge on any atom is -0.399 e. The molecule has 0 amide bonds. The van der Waals surface area contributed by atoms with Crippen molar-refractivity contribution in [2.75, 3.05) is 11.5 Å². The molecule has 0 saturated carbocycles. The SMILES string of the molecule is Nc1ccc(C(c2ccc(N)cc2)C(S(=O)(=O)O)S(=O)(=O)O)cc1. The Morgan fingerprint density at radius 2 is 0.958 bits per heavy atom. The molecule has 0 radical (unpaired) electrons. The first-order valence-corrected chi connectivity index (χ1v) is 9.64. The van der Waals surface area contributed by atoms with Gasteiger partial charge in [-0.15, -0.1) is 0 Å². The summed E-state index contributed by atoms with van der Waals surface area (Å²) in [6.07, 6.45) is 0. The molecule has 0 atom stereocenters. The summed E-state index contributed by atoms with van der Waals surface area (Å²) in [5.74, 6) is -1.38. The Kier molecular flexibility index (Phi) is 4.85. The van der Waals surface area contributed by atoms with Crippen LogP contribution in [0.3, 0.4) is 0 Å². The van der Waals surface area contributed by atoms with Crippen molar-refractivity contribution in [3.05, 3.63) is 59.7 Å². The first-order chi connectivity index (χ1) is 11.0. The quantitative estimate of drug-likeness (QED) is 0.448. The molecule has 0 aliphatic heterocycles. The Morgan fingerprint density at radius 1 is 0.667 bits per heavy atom. The van der Waals surface area contributed by atoms with Crippen molar-refractivity contribution >= 4 is 31.6 Å². The van der Waals surface area contributed by atoms with Crippen molar-refractivity contribution in [3.63, 3.8) is 0 Å². The van der Waals surface area contributed by atoms with Crippen LogP contribution in [0, 0.1) is 0 Å². The summed E-state index contributed by atoms with van der Waals surface area (Å²) in [4.78, 5) is 0. The van der Waals surface area contributed by atoms with E-state index in [1.54, 1.807) is 0 Å². The summed E-state index contributed by atoms with van der Waals surface area (Å²) in [5.41, 5.74) is 12.4. The van der Waals surface area contributed by atoms with Gasteiger partial charge in [0.2, 0.25) is 4.58 Å². The van der Waals surface area contributed by atoms with E-state index in [0.717, 1.165) is 0 Å². The van der Waals surface area contributed by atoms with Crippen LogP contribution in [0.4, 0.5) is 11.4 Å². The summed E-state index contributed by atoms with van der Waals surface area (Å²) in [7, 11) is -10.3. The number of hydrogen-bond acceptors (Lipinski definition) is 6. The first-order valence-electron chi connectivity index (χ1n) is 6.63. The fraction of sp³-hybridized carbons (Fsp3) is 0.143. The van der Waals surface area contributed by atoms with Crippen LogP contribution >= 0.6 is 0 Å². The van der Waals surface area contributed by atoms with Gasteiger partial charge in [0.05, 0.1) is 0 Å². The van der Waals surface area contributed by atoms with Crippen LogP contribution in [0.5, 0.6) is 0 Å². The molecule has 0 heterocycles. The Hall–Kier alpha value is -2.14. The number of hydrogen-bond donors (Lipinski definition) is 4. The van der Waals surface area contributed by atoms with E-state index in [-0.39, 0.29) is 11.1 Å². The van der Waals surface area contributed by atoms with Gasteiger partial charge in [-0.2, -0.15) is 16.8 Å². The van der Waals surface area contributed by atoms with Gasteiger partial charge in [0.25, 0.3) is 20.2 Å². The van der Waals surface area contributed by atoms with Crippen LogP contribution in [0.25, 0.3) is 0 Å². The summed E-state index contributed by atoms with van der Waals surface area (Å²) in [6.45, 7) is 0. The molecule has 24 heavy (non-hydrogen) atoms. The number of rotatable bonds is 5. The Balaban J connectivity index is 2.74. The maximum absolute atomic E-state index is 11.7. The van der Waals surface area contributed by atoms with Crippen LogP contribution in [0.1, 0.15) is 17.0 Å². The molecule has 2 aromatic rings. The van der Waals surface area contributed by atoms with Crippen molar-refractivity contribution in [2.45, 2.75) is 10.5 Å². The summed E-state index contributed by atoms with van der Waals surface area (Å²) in [5, 5.41) is 0. The zero-order valence-corrected chi connectivity index (χ0v) is 13.9.